The van der Waals surface area contributed by atoms with E-state index in [9.17, 15) is 28.7 Å². The van der Waals surface area contributed by atoms with Crippen molar-refractivity contribution in [2.45, 2.75) is 8.34 Å². The Bertz CT molecular complexity index is 686. The van der Waals surface area contributed by atoms with Crippen LogP contribution >= 0.6 is 69.9 Å². The fourth-order valence-electron chi connectivity index (χ4n) is 1.39. The number of carbonyl (C=O) groups is 2. The third-order valence-corrected chi connectivity index (χ3v) is 4.44. The summed E-state index contributed by atoms with van der Waals surface area (Å²) in [5.41, 5.74) is -2.38. The number of hydrogen-bond acceptors (Lipinski definition) is 6. The second-order valence-corrected chi connectivity index (χ2v) is 9.12. The second kappa shape index (κ2) is 9.83. The summed E-state index contributed by atoms with van der Waals surface area (Å²) >= 11 is 21.6. The molecule has 0 unspecified atom stereocenters. The Kier molecular flexibility index (Phi) is 8.78. The summed E-state index contributed by atoms with van der Waals surface area (Å²) in [4.78, 5) is 33.1. The highest BCUT2D eigenvalue weighted by atomic mass is 35.5. The lowest BCUT2D eigenvalue weighted by atomic mass is 10.2. The maximum absolute atomic E-state index is 14.1. The summed E-state index contributed by atoms with van der Waals surface area (Å²) in [6.45, 7) is 0. The van der Waals surface area contributed by atoms with Gasteiger partial charge in [-0.05, 0) is 35.7 Å². The molecule has 0 spiro atoms. The number of thioether (sulfide) groups is 2. The Morgan fingerprint density at radius 1 is 1.04 bits per heavy atom. The molecule has 0 radical (unpaired) electrons. The molecule has 1 aromatic rings. The normalized spacial score (nSPS) is 10.9. The van der Waals surface area contributed by atoms with E-state index in [4.69, 9.17) is 46.4 Å². The monoisotopic (exact) mass is 473 g/mol. The lowest BCUT2D eigenvalue weighted by molar-refractivity contribution is -0.384. The Morgan fingerprint density at radius 2 is 1.52 bits per heavy atom. The van der Waals surface area contributed by atoms with Crippen LogP contribution in [0.2, 0.25) is 0 Å². The molecule has 0 N–H and O–H groups in total. The van der Waals surface area contributed by atoms with Crippen molar-refractivity contribution in [2.24, 2.45) is 0 Å². The number of amides is 2. The van der Waals surface area contributed by atoms with Crippen LogP contribution in [0.4, 0.5) is 35.6 Å². The largest absolute Gasteiger partial charge is 0.317 e. The predicted molar refractivity (Wildman–Crippen MR) is 97.2 cm³/mol. The van der Waals surface area contributed by atoms with Gasteiger partial charge in [-0.1, -0.05) is 55.4 Å². The fraction of sp³-hybridized carbons (Fsp3) is 0.200. The average molecular weight is 475 g/mol. The number of carbonyl (C=O) groups excluding carboxylic acids is 2. The average Bonchev–Trinajstić information content (AvgIpc) is 2.51. The first kappa shape index (κ1) is 22.3. The summed E-state index contributed by atoms with van der Waals surface area (Å²) in [5.74, 6) is 0. The van der Waals surface area contributed by atoms with Crippen molar-refractivity contribution < 1.29 is 23.5 Å². The second-order valence-electron chi connectivity index (χ2n) is 3.78. The van der Waals surface area contributed by atoms with Gasteiger partial charge in [0, 0.05) is 6.07 Å². The highest BCUT2D eigenvalue weighted by Crippen LogP contribution is 2.37. The third-order valence-electron chi connectivity index (χ3n) is 2.29. The molecule has 0 aliphatic rings. The van der Waals surface area contributed by atoms with Crippen LogP contribution in [0.25, 0.3) is 0 Å². The molecule has 0 saturated heterocycles. The zero-order valence-corrected chi connectivity index (χ0v) is 16.1. The zero-order chi connectivity index (χ0) is 19.3. The number of anilines is 2. The van der Waals surface area contributed by atoms with Gasteiger partial charge in [0.25, 0.3) is 5.69 Å². The molecule has 0 saturated carbocycles. The molecule has 15 heteroatoms. The van der Waals surface area contributed by atoms with Crippen LogP contribution in [0.1, 0.15) is 0 Å². The Hall–Kier alpha value is -0.720. The number of benzene rings is 1. The van der Waals surface area contributed by atoms with Crippen molar-refractivity contribution in [3.8, 4) is 0 Å². The molecular formula is C10H5Cl4F2N3O4S2. The number of alkyl halides is 4. The van der Waals surface area contributed by atoms with E-state index in [0.29, 0.717) is 12.1 Å². The van der Waals surface area contributed by atoms with E-state index in [-0.39, 0.29) is 23.5 Å². The lowest BCUT2D eigenvalue weighted by Crippen LogP contribution is -2.21. The molecule has 0 heterocycles. The van der Waals surface area contributed by atoms with E-state index in [1.165, 1.54) is 0 Å². The topological polar surface area (TPSA) is 83.8 Å². The van der Waals surface area contributed by atoms with Crippen LogP contribution in [0.15, 0.2) is 18.2 Å². The van der Waals surface area contributed by atoms with Crippen molar-refractivity contribution in [2.75, 3.05) is 10.2 Å². The molecule has 1 rings (SSSR count). The highest BCUT2D eigenvalue weighted by molar-refractivity contribution is 8.16. The molecule has 138 valence electrons. The number of nitro groups is 1. The van der Waals surface area contributed by atoms with Gasteiger partial charge in [-0.3, -0.25) is 19.7 Å². The van der Waals surface area contributed by atoms with Crippen molar-refractivity contribution in [3.63, 3.8) is 0 Å². The molecule has 0 aromatic heterocycles. The molecule has 25 heavy (non-hydrogen) atoms. The highest BCUT2D eigenvalue weighted by Gasteiger charge is 2.29. The van der Waals surface area contributed by atoms with Crippen molar-refractivity contribution >= 4 is 97.5 Å². The van der Waals surface area contributed by atoms with E-state index in [1.807, 2.05) is 0 Å². The minimum atomic E-state index is -1.39. The van der Waals surface area contributed by atoms with Crippen LogP contribution in [0.5, 0.6) is 0 Å². The Balaban J connectivity index is 3.23. The van der Waals surface area contributed by atoms with E-state index in [1.54, 1.807) is 0 Å². The van der Waals surface area contributed by atoms with E-state index >= 15 is 0 Å². The number of halogens is 6. The number of nitrogens with zero attached hydrogens (tertiary/aromatic N) is 3. The minimum Gasteiger partial charge on any atom is -0.259 e. The first-order chi connectivity index (χ1) is 11.5. The van der Waals surface area contributed by atoms with Crippen LogP contribution in [0, 0.1) is 10.1 Å². The number of hydrogen-bond donors (Lipinski definition) is 0. The molecule has 0 aliphatic heterocycles. The first-order valence-corrected chi connectivity index (χ1v) is 9.23. The van der Waals surface area contributed by atoms with Gasteiger partial charge in [0.15, 0.2) is 14.0 Å². The summed E-state index contributed by atoms with van der Waals surface area (Å²) in [7, 11) is 0. The van der Waals surface area contributed by atoms with Crippen LogP contribution in [0.3, 0.4) is 0 Å². The maximum Gasteiger partial charge on any atom is 0.317 e. The van der Waals surface area contributed by atoms with Gasteiger partial charge in [-0.2, -0.15) is 0 Å². The molecular weight excluding hydrogens is 470 g/mol. The lowest BCUT2D eigenvalue weighted by Gasteiger charge is -2.16. The smallest absolute Gasteiger partial charge is 0.259 e. The summed E-state index contributed by atoms with van der Waals surface area (Å²) < 4.78 is 25.5. The number of nitro benzene ring substituents is 1. The summed E-state index contributed by atoms with van der Waals surface area (Å²) in [6.07, 6.45) is 0. The SMILES string of the molecule is O=C(SC(Cl)Cl)N(F)c1ccc([N+](=O)[O-])c(N(F)C(=O)SC(Cl)Cl)c1. The molecule has 0 atom stereocenters. The molecule has 0 aliphatic carbocycles. The van der Waals surface area contributed by atoms with Crippen molar-refractivity contribution in [1.82, 2.24) is 0 Å². The Labute approximate surface area is 167 Å². The van der Waals surface area contributed by atoms with Gasteiger partial charge in [0.2, 0.25) is 0 Å². The zero-order valence-electron chi connectivity index (χ0n) is 11.4. The third kappa shape index (κ3) is 6.50. The first-order valence-electron chi connectivity index (χ1n) is 5.72. The van der Waals surface area contributed by atoms with Gasteiger partial charge in [0.05, 0.1) is 10.6 Å². The minimum absolute atomic E-state index is 0.114. The van der Waals surface area contributed by atoms with Crippen LogP contribution < -0.4 is 10.2 Å². The Morgan fingerprint density at radius 3 is 1.96 bits per heavy atom. The van der Waals surface area contributed by atoms with Crippen LogP contribution in [-0.4, -0.2) is 23.7 Å². The van der Waals surface area contributed by atoms with Gasteiger partial charge in [-0.25, -0.2) is 0 Å². The maximum atomic E-state index is 14.1. The predicted octanol–water partition coefficient (Wildman–Crippen LogP) is 6.21. The van der Waals surface area contributed by atoms with Crippen molar-refractivity contribution in [3.05, 3.63) is 28.3 Å². The van der Waals surface area contributed by atoms with E-state index in [2.05, 4.69) is 0 Å². The van der Waals surface area contributed by atoms with Gasteiger partial charge < -0.3 is 0 Å². The van der Waals surface area contributed by atoms with Gasteiger partial charge in [-0.15, -0.1) is 10.2 Å². The van der Waals surface area contributed by atoms with Crippen molar-refractivity contribution in [1.29, 1.82) is 0 Å². The molecule has 7 nitrogen and oxygen atoms in total. The standard InChI is InChI=1S/C10H5Cl4F2N3O4S2/c11-7(12)24-9(20)17(15)4-1-2-5(19(22)23)6(3-4)18(16)10(21)25-8(13)14/h1-3,7-8H. The quantitative estimate of drug-likeness (QED) is 0.218. The fourth-order valence-corrected chi connectivity index (χ4v) is 3.00. The molecule has 0 bridgehead atoms. The van der Waals surface area contributed by atoms with Gasteiger partial charge in [0.1, 0.15) is 0 Å². The van der Waals surface area contributed by atoms with Crippen LogP contribution in [-0.2, 0) is 0 Å². The molecule has 1 aromatic carbocycles. The van der Waals surface area contributed by atoms with Gasteiger partial charge >= 0.3 is 10.5 Å². The molecule has 2 amide bonds. The number of rotatable bonds is 5. The molecule has 0 fully saturated rings. The summed E-state index contributed by atoms with van der Waals surface area (Å²) in [5, 5.41) is 7.21. The van der Waals surface area contributed by atoms with E-state index < -0.39 is 51.0 Å². The summed E-state index contributed by atoms with van der Waals surface area (Å²) in [6, 6.07) is 2.11. The van der Waals surface area contributed by atoms with E-state index in [0.717, 1.165) is 6.07 Å².